The SMILES string of the molecule is CCOC(=O)[C@@H](C)Oc1ccc2c(c1)OC(=Cc1cccc([NH+]([O-])O)c1)C2=O. The van der Waals surface area contributed by atoms with Crippen molar-refractivity contribution < 1.29 is 34.2 Å². The number of benzene rings is 2. The Balaban J connectivity index is 1.79. The third-order valence-electron chi connectivity index (χ3n) is 4.00. The zero-order valence-corrected chi connectivity index (χ0v) is 15.3. The highest BCUT2D eigenvalue weighted by Gasteiger charge is 2.28. The summed E-state index contributed by atoms with van der Waals surface area (Å²) in [7, 11) is 0. The molecule has 0 radical (unpaired) electrons. The second-order valence-electron chi connectivity index (χ2n) is 6.04. The summed E-state index contributed by atoms with van der Waals surface area (Å²) in [4.78, 5) is 24.2. The number of Topliss-reactive ketones (excluding diaryl/α,β-unsaturated/α-hetero) is 1. The van der Waals surface area contributed by atoms with E-state index in [2.05, 4.69) is 0 Å². The standard InChI is InChI=1S/C20H19NO7/c1-3-26-20(23)12(2)27-15-7-8-16-17(11-15)28-18(19(16)22)10-13-5-4-6-14(9-13)21(24)25/h4-12,21,24H,3H2,1-2H3/t12-/m1/s1. The normalized spacial score (nSPS) is 16.3. The quantitative estimate of drug-likeness (QED) is 0.445. The molecule has 0 saturated heterocycles. The number of carbonyl (C=O) groups is 2. The number of hydrogen-bond acceptors (Lipinski definition) is 7. The molecular formula is C20H19NO7. The van der Waals surface area contributed by atoms with Crippen LogP contribution < -0.4 is 14.7 Å². The van der Waals surface area contributed by atoms with Gasteiger partial charge in [0.1, 0.15) is 11.5 Å². The van der Waals surface area contributed by atoms with Crippen LogP contribution in [-0.2, 0) is 9.53 Å². The molecule has 2 aromatic rings. The van der Waals surface area contributed by atoms with Crippen molar-refractivity contribution in [1.82, 2.24) is 0 Å². The Morgan fingerprint density at radius 1 is 1.32 bits per heavy atom. The molecule has 0 saturated carbocycles. The van der Waals surface area contributed by atoms with Crippen LogP contribution in [0.2, 0.25) is 0 Å². The molecule has 1 unspecified atom stereocenters. The van der Waals surface area contributed by atoms with Gasteiger partial charge < -0.3 is 19.4 Å². The minimum absolute atomic E-state index is 0.0770. The molecule has 2 aromatic carbocycles. The maximum atomic E-state index is 12.5. The summed E-state index contributed by atoms with van der Waals surface area (Å²) in [6.07, 6.45) is 0.681. The van der Waals surface area contributed by atoms with Gasteiger partial charge in [-0.25, -0.2) is 10.0 Å². The van der Waals surface area contributed by atoms with E-state index >= 15 is 0 Å². The van der Waals surface area contributed by atoms with E-state index in [0.717, 1.165) is 0 Å². The lowest BCUT2D eigenvalue weighted by Gasteiger charge is -2.13. The summed E-state index contributed by atoms with van der Waals surface area (Å²) in [5, 5.41) is 19.1. The van der Waals surface area contributed by atoms with Crippen LogP contribution in [0.4, 0.5) is 5.69 Å². The molecule has 2 atom stereocenters. The topological polar surface area (TPSA) is 110 Å². The van der Waals surface area contributed by atoms with Crippen LogP contribution in [0.1, 0.15) is 29.8 Å². The lowest BCUT2D eigenvalue weighted by molar-refractivity contribution is -0.991. The van der Waals surface area contributed by atoms with Gasteiger partial charge in [-0.15, -0.1) is 0 Å². The number of nitrogens with one attached hydrogen (secondary N) is 1. The van der Waals surface area contributed by atoms with E-state index in [1.165, 1.54) is 24.3 Å². The van der Waals surface area contributed by atoms with Gasteiger partial charge >= 0.3 is 5.97 Å². The van der Waals surface area contributed by atoms with Crippen LogP contribution in [0.3, 0.4) is 0 Å². The number of esters is 1. The molecule has 0 aromatic heterocycles. The third kappa shape index (κ3) is 4.20. The molecule has 0 fully saturated rings. The molecule has 8 heteroatoms. The second kappa shape index (κ2) is 8.22. The zero-order valence-electron chi connectivity index (χ0n) is 15.3. The molecule has 1 aliphatic heterocycles. The number of ether oxygens (including phenoxy) is 3. The van der Waals surface area contributed by atoms with Crippen LogP contribution in [0, 0.1) is 5.21 Å². The summed E-state index contributed by atoms with van der Waals surface area (Å²) in [5.74, 6) is -0.0619. The molecule has 2 N–H and O–H groups in total. The summed E-state index contributed by atoms with van der Waals surface area (Å²) in [5.41, 5.74) is 1.00. The van der Waals surface area contributed by atoms with E-state index in [4.69, 9.17) is 19.4 Å². The van der Waals surface area contributed by atoms with Gasteiger partial charge in [-0.1, -0.05) is 12.1 Å². The predicted molar refractivity (Wildman–Crippen MR) is 98.3 cm³/mol. The fraction of sp³-hybridized carbons (Fsp3) is 0.200. The molecule has 0 bridgehead atoms. The van der Waals surface area contributed by atoms with E-state index in [1.807, 2.05) is 0 Å². The first-order valence-electron chi connectivity index (χ1n) is 8.64. The first-order valence-corrected chi connectivity index (χ1v) is 8.64. The molecule has 1 heterocycles. The molecule has 0 spiro atoms. The molecule has 1 aliphatic rings. The van der Waals surface area contributed by atoms with Crippen LogP contribution in [-0.4, -0.2) is 29.7 Å². The van der Waals surface area contributed by atoms with Crippen molar-refractivity contribution in [1.29, 1.82) is 0 Å². The lowest BCUT2D eigenvalue weighted by Crippen LogP contribution is -2.99. The van der Waals surface area contributed by atoms with E-state index in [-0.39, 0.29) is 23.8 Å². The summed E-state index contributed by atoms with van der Waals surface area (Å²) >= 11 is 0. The van der Waals surface area contributed by atoms with Gasteiger partial charge in [0.25, 0.3) is 0 Å². The highest BCUT2D eigenvalue weighted by atomic mass is 16.8. The number of hydrogen-bond donors (Lipinski definition) is 2. The fourth-order valence-corrected chi connectivity index (χ4v) is 2.67. The number of carbonyl (C=O) groups excluding carboxylic acids is 2. The minimum atomic E-state index is -1.06. The Hall–Kier alpha value is -3.20. The largest absolute Gasteiger partial charge is 0.595 e. The van der Waals surface area contributed by atoms with Crippen molar-refractivity contribution in [3.63, 3.8) is 0 Å². The number of allylic oxidation sites excluding steroid dienone is 1. The van der Waals surface area contributed by atoms with Gasteiger partial charge in [0.15, 0.2) is 17.6 Å². The lowest BCUT2D eigenvalue weighted by atomic mass is 10.1. The van der Waals surface area contributed by atoms with E-state index in [0.29, 0.717) is 22.6 Å². The average molecular weight is 385 g/mol. The van der Waals surface area contributed by atoms with Crippen molar-refractivity contribution in [3.05, 3.63) is 64.6 Å². The van der Waals surface area contributed by atoms with Gasteiger partial charge in [-0.2, -0.15) is 5.23 Å². The van der Waals surface area contributed by atoms with E-state index in [1.54, 1.807) is 38.1 Å². The Kier molecular flexibility index (Phi) is 5.74. The molecule has 3 rings (SSSR count). The van der Waals surface area contributed by atoms with Crippen LogP contribution in [0.25, 0.3) is 6.08 Å². The number of fused-ring (bicyclic) bond motifs is 1. The fourth-order valence-electron chi connectivity index (χ4n) is 2.67. The highest BCUT2D eigenvalue weighted by molar-refractivity contribution is 6.14. The van der Waals surface area contributed by atoms with Gasteiger partial charge in [0.2, 0.25) is 5.78 Å². The van der Waals surface area contributed by atoms with Crippen LogP contribution >= 0.6 is 0 Å². The zero-order chi connectivity index (χ0) is 20.3. The van der Waals surface area contributed by atoms with Crippen molar-refractivity contribution >= 4 is 23.5 Å². The summed E-state index contributed by atoms with van der Waals surface area (Å²) in [6.45, 7) is 3.53. The Morgan fingerprint density at radius 2 is 2.11 bits per heavy atom. The minimum Gasteiger partial charge on any atom is -0.595 e. The molecule has 8 nitrogen and oxygen atoms in total. The maximum Gasteiger partial charge on any atom is 0.347 e. The average Bonchev–Trinajstić information content (AvgIpc) is 2.97. The summed E-state index contributed by atoms with van der Waals surface area (Å²) in [6, 6.07) is 10.8. The highest BCUT2D eigenvalue weighted by Crippen LogP contribution is 2.35. The van der Waals surface area contributed by atoms with Crippen molar-refractivity contribution in [2.45, 2.75) is 20.0 Å². The Morgan fingerprint density at radius 3 is 2.82 bits per heavy atom. The third-order valence-corrected chi connectivity index (χ3v) is 4.00. The molecule has 0 amide bonds. The van der Waals surface area contributed by atoms with Gasteiger partial charge in [0.05, 0.1) is 12.2 Å². The number of ketones is 1. The van der Waals surface area contributed by atoms with Crippen LogP contribution in [0.5, 0.6) is 11.5 Å². The predicted octanol–water partition coefficient (Wildman–Crippen LogP) is 2.04. The first-order chi connectivity index (χ1) is 13.4. The van der Waals surface area contributed by atoms with E-state index < -0.39 is 17.3 Å². The van der Waals surface area contributed by atoms with Crippen molar-refractivity contribution in [3.8, 4) is 11.5 Å². The smallest absolute Gasteiger partial charge is 0.347 e. The summed E-state index contributed by atoms with van der Waals surface area (Å²) < 4.78 is 16.1. The van der Waals surface area contributed by atoms with Crippen molar-refractivity contribution in [2.24, 2.45) is 0 Å². The maximum absolute atomic E-state index is 12.5. The number of quaternary nitrogens is 1. The van der Waals surface area contributed by atoms with Gasteiger partial charge in [-0.3, -0.25) is 4.79 Å². The molecule has 28 heavy (non-hydrogen) atoms. The van der Waals surface area contributed by atoms with Crippen molar-refractivity contribution in [2.75, 3.05) is 6.61 Å². The Labute approximate surface area is 161 Å². The second-order valence-corrected chi connectivity index (χ2v) is 6.04. The van der Waals surface area contributed by atoms with Gasteiger partial charge in [0, 0.05) is 18.2 Å². The van der Waals surface area contributed by atoms with E-state index in [9.17, 15) is 14.8 Å². The molecule has 146 valence electrons. The van der Waals surface area contributed by atoms with Crippen LogP contribution in [0.15, 0.2) is 48.2 Å². The monoisotopic (exact) mass is 385 g/mol. The Bertz CT molecular complexity index is 936. The molecule has 0 aliphatic carbocycles. The number of rotatable bonds is 6. The van der Waals surface area contributed by atoms with Gasteiger partial charge in [-0.05, 0) is 37.6 Å². The molecular weight excluding hydrogens is 366 g/mol. The first kappa shape index (κ1) is 19.6.